The Morgan fingerprint density at radius 2 is 2.00 bits per heavy atom. The number of halogens is 1. The summed E-state index contributed by atoms with van der Waals surface area (Å²) in [6.07, 6.45) is 7.59. The van der Waals surface area contributed by atoms with Crippen molar-refractivity contribution in [2.24, 2.45) is 17.6 Å². The summed E-state index contributed by atoms with van der Waals surface area (Å²) in [5.74, 6) is 1.33. The van der Waals surface area contributed by atoms with Crippen molar-refractivity contribution in [3.63, 3.8) is 0 Å². The molecule has 1 saturated heterocycles. The summed E-state index contributed by atoms with van der Waals surface area (Å²) in [7, 11) is 0. The lowest BCUT2D eigenvalue weighted by molar-refractivity contribution is -0.133. The number of hydrogen-bond acceptors (Lipinski definition) is 3. The predicted molar refractivity (Wildman–Crippen MR) is 80.8 cm³/mol. The summed E-state index contributed by atoms with van der Waals surface area (Å²) in [5, 5.41) is 0. The van der Waals surface area contributed by atoms with Crippen LogP contribution in [-0.4, -0.2) is 42.6 Å². The van der Waals surface area contributed by atoms with E-state index < -0.39 is 0 Å². The van der Waals surface area contributed by atoms with Crippen LogP contribution < -0.4 is 5.73 Å². The third-order valence-electron chi connectivity index (χ3n) is 4.94. The molecule has 0 aromatic rings. The highest BCUT2D eigenvalue weighted by molar-refractivity contribution is 5.85. The fourth-order valence-electron chi connectivity index (χ4n) is 3.51. The van der Waals surface area contributed by atoms with E-state index in [1.165, 1.54) is 19.3 Å². The molecule has 0 spiro atoms. The van der Waals surface area contributed by atoms with Crippen LogP contribution in [0.25, 0.3) is 0 Å². The van der Waals surface area contributed by atoms with Crippen LogP contribution >= 0.6 is 12.4 Å². The molecule has 20 heavy (non-hydrogen) atoms. The van der Waals surface area contributed by atoms with Crippen molar-refractivity contribution in [3.05, 3.63) is 0 Å². The molecule has 1 amide bonds. The number of carbonyl (C=O) groups is 1. The molecule has 0 aromatic carbocycles. The number of nitrogens with zero attached hydrogens (tertiary/aromatic N) is 1. The number of nitrogens with two attached hydrogens (primary N) is 1. The molecule has 1 aliphatic heterocycles. The van der Waals surface area contributed by atoms with Crippen LogP contribution in [0.4, 0.5) is 0 Å². The van der Waals surface area contributed by atoms with E-state index in [0.29, 0.717) is 30.2 Å². The van der Waals surface area contributed by atoms with Gasteiger partial charge in [-0.25, -0.2) is 0 Å². The number of amides is 1. The van der Waals surface area contributed by atoms with E-state index in [1.54, 1.807) is 0 Å². The van der Waals surface area contributed by atoms with Gasteiger partial charge >= 0.3 is 0 Å². The van der Waals surface area contributed by atoms with Gasteiger partial charge in [-0.3, -0.25) is 4.79 Å². The Bertz CT molecular complexity index is 330. The molecular weight excluding hydrogens is 276 g/mol. The van der Waals surface area contributed by atoms with E-state index in [9.17, 15) is 4.79 Å². The lowest BCUT2D eigenvalue weighted by atomic mass is 9.99. The molecule has 116 valence electrons. The standard InChI is InChI=1S/C15H26N2O2.ClH/c16-14-3-1-2-12(14)8-15(18)17(13-4-5-13)9-11-6-7-19-10-11;/h11-14H,1-10,16H2;1H/t11?,12-,14+;/m0./s1. The van der Waals surface area contributed by atoms with E-state index in [1.807, 2.05) is 0 Å². The third kappa shape index (κ3) is 3.86. The van der Waals surface area contributed by atoms with E-state index in [2.05, 4.69) is 4.90 Å². The first kappa shape index (κ1) is 16.1. The largest absolute Gasteiger partial charge is 0.381 e. The summed E-state index contributed by atoms with van der Waals surface area (Å²) in [6.45, 7) is 2.61. The van der Waals surface area contributed by atoms with Crippen LogP contribution in [0, 0.1) is 11.8 Å². The van der Waals surface area contributed by atoms with Gasteiger partial charge < -0.3 is 15.4 Å². The lowest BCUT2D eigenvalue weighted by Gasteiger charge is -2.27. The Morgan fingerprint density at radius 1 is 1.20 bits per heavy atom. The molecule has 0 bridgehead atoms. The molecule has 2 N–H and O–H groups in total. The first-order valence-electron chi connectivity index (χ1n) is 7.87. The number of rotatable bonds is 5. The molecule has 5 heteroatoms. The van der Waals surface area contributed by atoms with Crippen molar-refractivity contribution in [2.45, 2.75) is 57.0 Å². The zero-order valence-electron chi connectivity index (χ0n) is 12.1. The topological polar surface area (TPSA) is 55.6 Å². The molecule has 2 saturated carbocycles. The first-order chi connectivity index (χ1) is 9.24. The van der Waals surface area contributed by atoms with E-state index in [4.69, 9.17) is 10.5 Å². The summed E-state index contributed by atoms with van der Waals surface area (Å²) < 4.78 is 5.43. The molecule has 1 unspecified atom stereocenters. The zero-order valence-corrected chi connectivity index (χ0v) is 12.9. The number of hydrogen-bond donors (Lipinski definition) is 1. The molecular formula is C15H27ClN2O2. The van der Waals surface area contributed by atoms with Crippen molar-refractivity contribution in [1.29, 1.82) is 0 Å². The van der Waals surface area contributed by atoms with Crippen LogP contribution in [0.3, 0.4) is 0 Å². The second-order valence-corrected chi connectivity index (χ2v) is 6.57. The van der Waals surface area contributed by atoms with E-state index >= 15 is 0 Å². The van der Waals surface area contributed by atoms with E-state index in [-0.39, 0.29) is 18.4 Å². The minimum Gasteiger partial charge on any atom is -0.381 e. The van der Waals surface area contributed by atoms with Gasteiger partial charge in [-0.2, -0.15) is 0 Å². The molecule has 3 aliphatic rings. The van der Waals surface area contributed by atoms with Crippen molar-refractivity contribution < 1.29 is 9.53 Å². The normalized spacial score (nSPS) is 33.0. The van der Waals surface area contributed by atoms with Crippen LogP contribution in [0.5, 0.6) is 0 Å². The van der Waals surface area contributed by atoms with Crippen LogP contribution in [-0.2, 0) is 9.53 Å². The van der Waals surface area contributed by atoms with Gasteiger partial charge in [-0.1, -0.05) is 6.42 Å². The Hall–Kier alpha value is -0.320. The molecule has 4 nitrogen and oxygen atoms in total. The lowest BCUT2D eigenvalue weighted by Crippen LogP contribution is -2.39. The van der Waals surface area contributed by atoms with Gasteiger partial charge in [0.05, 0.1) is 6.61 Å². The van der Waals surface area contributed by atoms with Crippen molar-refractivity contribution in [1.82, 2.24) is 4.90 Å². The van der Waals surface area contributed by atoms with Crippen LogP contribution in [0.15, 0.2) is 0 Å². The minimum absolute atomic E-state index is 0. The number of carbonyl (C=O) groups excluding carboxylic acids is 1. The highest BCUT2D eigenvalue weighted by Crippen LogP contribution is 2.32. The Balaban J connectivity index is 0.00000147. The summed E-state index contributed by atoms with van der Waals surface area (Å²) in [5.41, 5.74) is 6.09. The van der Waals surface area contributed by atoms with Gasteiger partial charge in [0.15, 0.2) is 0 Å². The maximum absolute atomic E-state index is 12.5. The van der Waals surface area contributed by atoms with Gasteiger partial charge in [-0.05, 0) is 38.0 Å². The molecule has 3 rings (SSSR count). The van der Waals surface area contributed by atoms with Gasteiger partial charge in [0.25, 0.3) is 0 Å². The van der Waals surface area contributed by atoms with Gasteiger partial charge in [0.2, 0.25) is 5.91 Å². The van der Waals surface area contributed by atoms with Crippen molar-refractivity contribution in [3.8, 4) is 0 Å². The summed E-state index contributed by atoms with van der Waals surface area (Å²) >= 11 is 0. The Kier molecular flexibility index (Phi) is 5.70. The van der Waals surface area contributed by atoms with Crippen LogP contribution in [0.2, 0.25) is 0 Å². The molecule has 1 heterocycles. The second-order valence-electron chi connectivity index (χ2n) is 6.57. The maximum Gasteiger partial charge on any atom is 0.223 e. The minimum atomic E-state index is 0. The molecule has 3 fully saturated rings. The smallest absolute Gasteiger partial charge is 0.223 e. The maximum atomic E-state index is 12.5. The van der Waals surface area contributed by atoms with Crippen molar-refractivity contribution in [2.75, 3.05) is 19.8 Å². The summed E-state index contributed by atoms with van der Waals surface area (Å²) in [4.78, 5) is 14.7. The summed E-state index contributed by atoms with van der Waals surface area (Å²) in [6, 6.07) is 0.769. The monoisotopic (exact) mass is 302 g/mol. The van der Waals surface area contributed by atoms with Gasteiger partial charge in [0, 0.05) is 37.6 Å². The Labute approximate surface area is 127 Å². The van der Waals surface area contributed by atoms with Crippen molar-refractivity contribution >= 4 is 18.3 Å². The average Bonchev–Trinajstić information content (AvgIpc) is 2.95. The predicted octanol–water partition coefficient (Wildman–Crippen LogP) is 1.95. The average molecular weight is 303 g/mol. The van der Waals surface area contributed by atoms with Gasteiger partial charge in [-0.15, -0.1) is 12.4 Å². The second kappa shape index (κ2) is 7.10. The third-order valence-corrected chi connectivity index (χ3v) is 4.94. The number of ether oxygens (including phenoxy) is 1. The SMILES string of the molecule is Cl.N[C@@H]1CCC[C@H]1CC(=O)N(CC1CCOC1)C1CC1. The van der Waals surface area contributed by atoms with E-state index in [0.717, 1.165) is 39.0 Å². The fraction of sp³-hybridized carbons (Fsp3) is 0.933. The van der Waals surface area contributed by atoms with Gasteiger partial charge in [0.1, 0.15) is 0 Å². The fourth-order valence-corrected chi connectivity index (χ4v) is 3.51. The zero-order chi connectivity index (χ0) is 13.2. The Morgan fingerprint density at radius 3 is 2.55 bits per heavy atom. The molecule has 3 atom stereocenters. The molecule has 0 radical (unpaired) electrons. The highest BCUT2D eigenvalue weighted by atomic mass is 35.5. The quantitative estimate of drug-likeness (QED) is 0.844. The van der Waals surface area contributed by atoms with Crippen LogP contribution in [0.1, 0.15) is 44.9 Å². The molecule has 0 aromatic heterocycles. The highest BCUT2D eigenvalue weighted by Gasteiger charge is 2.36. The first-order valence-corrected chi connectivity index (χ1v) is 7.87. The molecule has 2 aliphatic carbocycles.